The molecule has 6 heteroatoms. The molecule has 6 nitrogen and oxygen atoms in total. The van der Waals surface area contributed by atoms with Gasteiger partial charge in [-0.05, 0) is 37.5 Å². The van der Waals surface area contributed by atoms with Crippen molar-refractivity contribution in [3.8, 4) is 0 Å². The third-order valence-corrected chi connectivity index (χ3v) is 5.24. The number of amides is 3. The van der Waals surface area contributed by atoms with E-state index >= 15 is 0 Å². The van der Waals surface area contributed by atoms with Crippen LogP contribution in [0.4, 0.5) is 0 Å². The van der Waals surface area contributed by atoms with E-state index in [4.69, 9.17) is 5.73 Å². The van der Waals surface area contributed by atoms with Crippen molar-refractivity contribution in [2.75, 3.05) is 6.54 Å². The Morgan fingerprint density at radius 1 is 1.14 bits per heavy atom. The Balaban J connectivity index is 1.76. The highest BCUT2D eigenvalue weighted by Crippen LogP contribution is 2.42. The molecule has 0 spiro atoms. The first-order valence-corrected chi connectivity index (χ1v) is 7.97. The van der Waals surface area contributed by atoms with Crippen molar-refractivity contribution < 1.29 is 14.4 Å². The van der Waals surface area contributed by atoms with E-state index in [1.807, 2.05) is 0 Å². The van der Waals surface area contributed by atoms with Crippen molar-refractivity contribution in [2.45, 2.75) is 57.0 Å². The molecule has 2 saturated heterocycles. The zero-order chi connectivity index (χ0) is 15.0. The van der Waals surface area contributed by atoms with Crippen LogP contribution in [0.2, 0.25) is 0 Å². The molecule has 0 radical (unpaired) electrons. The average Bonchev–Trinajstić information content (AvgIpc) is 2.94. The molecule has 3 fully saturated rings. The van der Waals surface area contributed by atoms with Crippen molar-refractivity contribution in [3.05, 3.63) is 0 Å². The number of nitrogens with one attached hydrogen (secondary N) is 1. The molecule has 4 atom stereocenters. The lowest BCUT2D eigenvalue weighted by Gasteiger charge is -2.29. The van der Waals surface area contributed by atoms with Gasteiger partial charge in [-0.15, -0.1) is 0 Å². The summed E-state index contributed by atoms with van der Waals surface area (Å²) in [6, 6.07) is -0.967. The molecule has 3 N–H and O–H groups in total. The number of nitrogens with zero attached hydrogens (tertiary/aromatic N) is 1. The molecule has 1 aliphatic carbocycles. The van der Waals surface area contributed by atoms with Gasteiger partial charge < -0.3 is 16.0 Å². The number of carbonyl (C=O) groups is 3. The molecule has 3 aliphatic rings. The number of fused-ring (bicyclic) bond motifs is 1. The van der Waals surface area contributed by atoms with Crippen LogP contribution in [-0.4, -0.2) is 41.2 Å². The molecule has 21 heavy (non-hydrogen) atoms. The third-order valence-electron chi connectivity index (χ3n) is 5.24. The summed E-state index contributed by atoms with van der Waals surface area (Å²) < 4.78 is 0. The highest BCUT2D eigenvalue weighted by atomic mass is 16.2. The van der Waals surface area contributed by atoms with Gasteiger partial charge in [0, 0.05) is 13.0 Å². The van der Waals surface area contributed by atoms with Crippen LogP contribution in [0.15, 0.2) is 0 Å². The van der Waals surface area contributed by atoms with Gasteiger partial charge >= 0.3 is 0 Å². The summed E-state index contributed by atoms with van der Waals surface area (Å²) >= 11 is 0. The molecule has 116 valence electrons. The van der Waals surface area contributed by atoms with E-state index < -0.39 is 18.0 Å². The van der Waals surface area contributed by atoms with Crippen LogP contribution in [0.5, 0.6) is 0 Å². The summed E-state index contributed by atoms with van der Waals surface area (Å²) in [5.74, 6) is 0.0165. The van der Waals surface area contributed by atoms with Gasteiger partial charge in [0.1, 0.15) is 12.1 Å². The van der Waals surface area contributed by atoms with Gasteiger partial charge in [0.05, 0.1) is 0 Å². The first kappa shape index (κ1) is 14.4. The van der Waals surface area contributed by atoms with E-state index in [9.17, 15) is 14.4 Å². The summed E-state index contributed by atoms with van der Waals surface area (Å²) in [4.78, 5) is 37.9. The Labute approximate surface area is 124 Å². The van der Waals surface area contributed by atoms with Crippen LogP contribution < -0.4 is 11.1 Å². The van der Waals surface area contributed by atoms with Crippen LogP contribution in [0.25, 0.3) is 0 Å². The van der Waals surface area contributed by atoms with E-state index in [0.29, 0.717) is 25.3 Å². The van der Waals surface area contributed by atoms with Crippen LogP contribution in [0.3, 0.4) is 0 Å². The van der Waals surface area contributed by atoms with E-state index in [2.05, 4.69) is 5.32 Å². The topological polar surface area (TPSA) is 92.5 Å². The van der Waals surface area contributed by atoms with Crippen LogP contribution in [0.1, 0.15) is 44.9 Å². The second-order valence-electron chi connectivity index (χ2n) is 6.56. The fourth-order valence-corrected chi connectivity index (χ4v) is 4.25. The number of nitrogens with two attached hydrogens (primary N) is 1. The fraction of sp³-hybridized carbons (Fsp3) is 0.800. The molecular weight excluding hydrogens is 270 g/mol. The normalized spacial score (nSPS) is 36.0. The molecule has 0 aromatic heterocycles. The largest absolute Gasteiger partial charge is 0.368 e. The first-order valence-electron chi connectivity index (χ1n) is 7.97. The van der Waals surface area contributed by atoms with E-state index in [1.54, 1.807) is 4.90 Å². The second kappa shape index (κ2) is 5.66. The maximum Gasteiger partial charge on any atom is 0.245 e. The Kier molecular flexibility index (Phi) is 3.87. The van der Waals surface area contributed by atoms with Crippen LogP contribution >= 0.6 is 0 Å². The third kappa shape index (κ3) is 2.63. The predicted molar refractivity (Wildman–Crippen MR) is 75.9 cm³/mol. The fourth-order valence-electron chi connectivity index (χ4n) is 4.25. The maximum atomic E-state index is 12.7. The van der Waals surface area contributed by atoms with Gasteiger partial charge in [0.2, 0.25) is 17.7 Å². The Bertz CT molecular complexity index is 465. The minimum atomic E-state index is -0.485. The monoisotopic (exact) mass is 293 g/mol. The van der Waals surface area contributed by atoms with Gasteiger partial charge in [-0.3, -0.25) is 14.4 Å². The van der Waals surface area contributed by atoms with Crippen molar-refractivity contribution in [1.29, 1.82) is 0 Å². The average molecular weight is 293 g/mol. The van der Waals surface area contributed by atoms with Crippen LogP contribution in [-0.2, 0) is 14.4 Å². The summed E-state index contributed by atoms with van der Waals surface area (Å²) in [7, 11) is 0. The number of rotatable bonds is 2. The number of carbonyl (C=O) groups excluding carboxylic acids is 3. The lowest BCUT2D eigenvalue weighted by atomic mass is 9.93. The summed E-state index contributed by atoms with van der Waals surface area (Å²) in [6.45, 7) is 0.615. The van der Waals surface area contributed by atoms with Gasteiger partial charge in [0.15, 0.2) is 0 Å². The Hall–Kier alpha value is -1.59. The summed E-state index contributed by atoms with van der Waals surface area (Å²) in [5, 5.41) is 2.80. The minimum absolute atomic E-state index is 0.0686. The summed E-state index contributed by atoms with van der Waals surface area (Å²) in [5.41, 5.74) is 5.55. The predicted octanol–water partition coefficient (Wildman–Crippen LogP) is 0.158. The summed E-state index contributed by atoms with van der Waals surface area (Å²) in [6.07, 6.45) is 5.96. The zero-order valence-corrected chi connectivity index (χ0v) is 12.2. The SMILES string of the molecule is NC(=O)C1C2CCCC2CN1C(=O)C1CCCCC(=O)N1. The van der Waals surface area contributed by atoms with E-state index in [-0.39, 0.29) is 17.7 Å². The molecule has 3 amide bonds. The van der Waals surface area contributed by atoms with E-state index in [1.165, 1.54) is 0 Å². The molecule has 3 rings (SSSR count). The number of primary amides is 1. The molecule has 4 unspecified atom stereocenters. The zero-order valence-electron chi connectivity index (χ0n) is 12.2. The van der Waals surface area contributed by atoms with E-state index in [0.717, 1.165) is 32.1 Å². The second-order valence-corrected chi connectivity index (χ2v) is 6.56. The van der Waals surface area contributed by atoms with Gasteiger partial charge in [-0.2, -0.15) is 0 Å². The maximum absolute atomic E-state index is 12.7. The first-order chi connectivity index (χ1) is 10.1. The number of hydrogen-bond acceptors (Lipinski definition) is 3. The number of hydrogen-bond donors (Lipinski definition) is 2. The molecule has 2 aliphatic heterocycles. The molecule has 0 bridgehead atoms. The van der Waals surface area contributed by atoms with Crippen molar-refractivity contribution >= 4 is 17.7 Å². The highest BCUT2D eigenvalue weighted by molar-refractivity contribution is 5.92. The van der Waals surface area contributed by atoms with Crippen molar-refractivity contribution in [2.24, 2.45) is 17.6 Å². The van der Waals surface area contributed by atoms with Crippen molar-refractivity contribution in [3.63, 3.8) is 0 Å². The van der Waals surface area contributed by atoms with Gasteiger partial charge in [0.25, 0.3) is 0 Å². The molecule has 2 heterocycles. The standard InChI is InChI=1S/C15H23N3O3/c16-14(20)13-10-5-3-4-9(10)8-18(13)15(21)11-6-1-2-7-12(19)17-11/h9-11,13H,1-8H2,(H2,16,20)(H,17,19). The lowest BCUT2D eigenvalue weighted by molar-refractivity contribution is -0.141. The molecule has 1 saturated carbocycles. The lowest BCUT2D eigenvalue weighted by Crippen LogP contribution is -2.53. The Morgan fingerprint density at radius 2 is 1.95 bits per heavy atom. The van der Waals surface area contributed by atoms with Crippen molar-refractivity contribution in [1.82, 2.24) is 10.2 Å². The molecule has 0 aromatic rings. The molecular formula is C15H23N3O3. The van der Waals surface area contributed by atoms with Gasteiger partial charge in [-0.25, -0.2) is 0 Å². The highest BCUT2D eigenvalue weighted by Gasteiger charge is 2.49. The Morgan fingerprint density at radius 3 is 2.71 bits per heavy atom. The van der Waals surface area contributed by atoms with Gasteiger partial charge in [-0.1, -0.05) is 12.8 Å². The van der Waals surface area contributed by atoms with Crippen LogP contribution in [0, 0.1) is 11.8 Å². The quantitative estimate of drug-likeness (QED) is 0.759. The molecule has 0 aromatic carbocycles. The minimum Gasteiger partial charge on any atom is -0.368 e. The number of likely N-dealkylation sites (tertiary alicyclic amines) is 1. The smallest absolute Gasteiger partial charge is 0.245 e.